The van der Waals surface area contributed by atoms with E-state index in [0.29, 0.717) is 4.90 Å². The van der Waals surface area contributed by atoms with Gasteiger partial charge in [0.05, 0.1) is 4.90 Å². The monoisotopic (exact) mass is 263 g/mol. The van der Waals surface area contributed by atoms with Crippen LogP contribution in [0.1, 0.15) is 5.69 Å². The van der Waals surface area contributed by atoms with E-state index >= 15 is 0 Å². The van der Waals surface area contributed by atoms with Crippen LogP contribution in [0.15, 0.2) is 40.3 Å². The number of benzene rings is 1. The maximum atomic E-state index is 13.5. The Labute approximate surface area is 106 Å². The van der Waals surface area contributed by atoms with Gasteiger partial charge >= 0.3 is 0 Å². The third-order valence-electron chi connectivity index (χ3n) is 2.09. The number of nitrogen functional groups attached to an aromatic ring is 1. The number of nitriles is 1. The van der Waals surface area contributed by atoms with Crippen molar-refractivity contribution in [1.29, 1.82) is 5.26 Å². The highest BCUT2D eigenvalue weighted by atomic mass is 32.2. The molecule has 2 N–H and O–H groups in total. The van der Waals surface area contributed by atoms with Crippen LogP contribution in [0.4, 0.5) is 14.5 Å². The molecule has 90 valence electrons. The van der Waals surface area contributed by atoms with Gasteiger partial charge in [-0.2, -0.15) is 5.26 Å². The summed E-state index contributed by atoms with van der Waals surface area (Å²) in [5.74, 6) is -1.44. The first-order valence-electron chi connectivity index (χ1n) is 4.88. The first kappa shape index (κ1) is 12.3. The van der Waals surface area contributed by atoms with Gasteiger partial charge in [0.15, 0.2) is 0 Å². The maximum absolute atomic E-state index is 13.5. The van der Waals surface area contributed by atoms with E-state index in [4.69, 9.17) is 11.0 Å². The van der Waals surface area contributed by atoms with Crippen LogP contribution < -0.4 is 5.73 Å². The summed E-state index contributed by atoms with van der Waals surface area (Å²) in [6.45, 7) is 0. The van der Waals surface area contributed by atoms with Gasteiger partial charge in [0, 0.05) is 16.8 Å². The van der Waals surface area contributed by atoms with E-state index in [0.717, 1.165) is 23.9 Å². The normalized spacial score (nSPS) is 10.1. The number of aromatic nitrogens is 1. The number of hydrogen-bond acceptors (Lipinski definition) is 4. The second kappa shape index (κ2) is 5.02. The molecule has 1 aromatic carbocycles. The fourth-order valence-electron chi connectivity index (χ4n) is 1.30. The van der Waals surface area contributed by atoms with Crippen molar-refractivity contribution < 1.29 is 8.78 Å². The zero-order valence-electron chi connectivity index (χ0n) is 9.02. The Bertz CT molecular complexity index is 597. The summed E-state index contributed by atoms with van der Waals surface area (Å²) in [4.78, 5) is 4.21. The molecule has 0 spiro atoms. The van der Waals surface area contributed by atoms with Crippen LogP contribution >= 0.6 is 11.8 Å². The van der Waals surface area contributed by atoms with Crippen LogP contribution in [0, 0.1) is 23.0 Å². The minimum absolute atomic E-state index is 0.0345. The Morgan fingerprint density at radius 3 is 2.39 bits per heavy atom. The predicted octanol–water partition coefficient (Wildman–Crippen LogP) is 2.96. The SMILES string of the molecule is N#Cc1ccc(Sc2c(F)cc(N)cc2F)cn1. The van der Waals surface area contributed by atoms with Crippen LogP contribution in [-0.4, -0.2) is 4.98 Å². The third-order valence-corrected chi connectivity index (χ3v) is 3.16. The Morgan fingerprint density at radius 1 is 1.22 bits per heavy atom. The first-order chi connectivity index (χ1) is 8.60. The average molecular weight is 263 g/mol. The minimum Gasteiger partial charge on any atom is -0.399 e. The van der Waals surface area contributed by atoms with Crippen LogP contribution in [0.5, 0.6) is 0 Å². The molecule has 1 aromatic heterocycles. The lowest BCUT2D eigenvalue weighted by Crippen LogP contribution is -1.93. The van der Waals surface area contributed by atoms with E-state index in [-0.39, 0.29) is 16.3 Å². The fraction of sp³-hybridized carbons (Fsp3) is 0. The Morgan fingerprint density at radius 2 is 1.89 bits per heavy atom. The summed E-state index contributed by atoms with van der Waals surface area (Å²) in [6.07, 6.45) is 1.39. The van der Waals surface area contributed by atoms with Gasteiger partial charge < -0.3 is 5.73 Å². The van der Waals surface area contributed by atoms with Crippen molar-refractivity contribution in [2.75, 3.05) is 5.73 Å². The molecule has 0 unspecified atom stereocenters. The molecule has 0 atom stereocenters. The van der Waals surface area contributed by atoms with Gasteiger partial charge in [0.25, 0.3) is 0 Å². The van der Waals surface area contributed by atoms with E-state index in [2.05, 4.69) is 4.98 Å². The minimum atomic E-state index is -0.721. The number of pyridine rings is 1. The lowest BCUT2D eigenvalue weighted by atomic mass is 10.3. The summed E-state index contributed by atoms with van der Waals surface area (Å²) >= 11 is 0.891. The zero-order valence-corrected chi connectivity index (χ0v) is 9.84. The Hall–Kier alpha value is -2.13. The lowest BCUT2D eigenvalue weighted by molar-refractivity contribution is 0.542. The highest BCUT2D eigenvalue weighted by Crippen LogP contribution is 2.32. The van der Waals surface area contributed by atoms with Crippen molar-refractivity contribution in [1.82, 2.24) is 4.98 Å². The van der Waals surface area contributed by atoms with E-state index in [9.17, 15) is 8.78 Å². The molecule has 6 heteroatoms. The van der Waals surface area contributed by atoms with Gasteiger partial charge in [0.2, 0.25) is 0 Å². The Kier molecular flexibility index (Phi) is 3.44. The second-order valence-corrected chi connectivity index (χ2v) is 4.49. The highest BCUT2D eigenvalue weighted by Gasteiger charge is 2.12. The average Bonchev–Trinajstić information content (AvgIpc) is 2.34. The molecule has 0 fully saturated rings. The Balaban J connectivity index is 2.31. The maximum Gasteiger partial charge on any atom is 0.142 e. The fourth-order valence-corrected chi connectivity index (χ4v) is 2.09. The van der Waals surface area contributed by atoms with Gasteiger partial charge in [-0.15, -0.1) is 0 Å². The molecule has 2 rings (SSSR count). The number of nitrogens with zero attached hydrogens (tertiary/aromatic N) is 2. The van der Waals surface area contributed by atoms with Gasteiger partial charge in [-0.25, -0.2) is 13.8 Å². The van der Waals surface area contributed by atoms with Crippen molar-refractivity contribution in [3.05, 3.63) is 47.8 Å². The number of hydrogen-bond donors (Lipinski definition) is 1. The van der Waals surface area contributed by atoms with Crippen molar-refractivity contribution in [2.45, 2.75) is 9.79 Å². The molecular formula is C12H7F2N3S. The van der Waals surface area contributed by atoms with Crippen molar-refractivity contribution in [3.8, 4) is 6.07 Å². The molecule has 0 aliphatic rings. The van der Waals surface area contributed by atoms with Crippen LogP contribution in [0.3, 0.4) is 0 Å². The number of nitrogens with two attached hydrogens (primary N) is 1. The molecular weight excluding hydrogens is 256 g/mol. The summed E-state index contributed by atoms with van der Waals surface area (Å²) in [7, 11) is 0. The summed E-state index contributed by atoms with van der Waals surface area (Å²) in [5.41, 5.74) is 5.60. The van der Waals surface area contributed by atoms with Crippen molar-refractivity contribution in [2.24, 2.45) is 0 Å². The van der Waals surface area contributed by atoms with Crippen molar-refractivity contribution in [3.63, 3.8) is 0 Å². The van der Waals surface area contributed by atoms with Crippen LogP contribution in [-0.2, 0) is 0 Å². The number of halogens is 2. The van der Waals surface area contributed by atoms with Gasteiger partial charge in [-0.1, -0.05) is 11.8 Å². The van der Waals surface area contributed by atoms with Crippen molar-refractivity contribution >= 4 is 17.4 Å². The molecule has 3 nitrogen and oxygen atoms in total. The number of anilines is 1. The molecule has 0 amide bonds. The second-order valence-electron chi connectivity index (χ2n) is 3.41. The summed E-state index contributed by atoms with van der Waals surface area (Å²) in [6, 6.07) is 7.04. The van der Waals surface area contributed by atoms with Gasteiger partial charge in [-0.05, 0) is 24.3 Å². The van der Waals surface area contributed by atoms with E-state index < -0.39 is 11.6 Å². The standard InChI is InChI=1S/C12H7F2N3S/c13-10-3-7(16)4-11(14)12(10)18-9-2-1-8(5-15)17-6-9/h1-4,6H,16H2. The summed E-state index contributed by atoms with van der Waals surface area (Å²) in [5, 5.41) is 8.58. The molecule has 0 saturated carbocycles. The summed E-state index contributed by atoms with van der Waals surface area (Å²) < 4.78 is 27.1. The zero-order chi connectivity index (χ0) is 13.1. The molecule has 1 heterocycles. The first-order valence-corrected chi connectivity index (χ1v) is 5.70. The van der Waals surface area contributed by atoms with Crippen LogP contribution in [0.25, 0.3) is 0 Å². The smallest absolute Gasteiger partial charge is 0.142 e. The molecule has 0 radical (unpaired) electrons. The quantitative estimate of drug-likeness (QED) is 0.846. The largest absolute Gasteiger partial charge is 0.399 e. The molecule has 0 aliphatic heterocycles. The topological polar surface area (TPSA) is 62.7 Å². The predicted molar refractivity (Wildman–Crippen MR) is 63.8 cm³/mol. The van der Waals surface area contributed by atoms with E-state index in [1.54, 1.807) is 6.07 Å². The molecule has 2 aromatic rings. The lowest BCUT2D eigenvalue weighted by Gasteiger charge is -2.05. The molecule has 0 bridgehead atoms. The van der Waals surface area contributed by atoms with Gasteiger partial charge in [0.1, 0.15) is 23.4 Å². The molecule has 18 heavy (non-hydrogen) atoms. The number of rotatable bonds is 2. The van der Waals surface area contributed by atoms with Crippen LogP contribution in [0.2, 0.25) is 0 Å². The van der Waals surface area contributed by atoms with Gasteiger partial charge in [-0.3, -0.25) is 0 Å². The highest BCUT2D eigenvalue weighted by molar-refractivity contribution is 7.99. The molecule has 0 aliphatic carbocycles. The molecule has 0 saturated heterocycles. The van der Waals surface area contributed by atoms with E-state index in [1.807, 2.05) is 6.07 Å². The van der Waals surface area contributed by atoms with E-state index in [1.165, 1.54) is 12.3 Å². The third kappa shape index (κ3) is 2.57.